The van der Waals surface area contributed by atoms with Crippen molar-refractivity contribution in [3.63, 3.8) is 0 Å². The molecule has 1 N–H and O–H groups in total. The van der Waals surface area contributed by atoms with Gasteiger partial charge in [0.1, 0.15) is 11.3 Å². The van der Waals surface area contributed by atoms with Crippen LogP contribution in [0.5, 0.6) is 23.1 Å². The third-order valence-electron chi connectivity index (χ3n) is 5.49. The number of carbonyl (C=O) groups excluding carboxylic acids is 1. The highest BCUT2D eigenvalue weighted by atomic mass is 16.5. The van der Waals surface area contributed by atoms with E-state index in [9.17, 15) is 14.7 Å². The number of unbranched alkanes of at least 4 members (excludes halogenated alkanes) is 1. The molecule has 0 saturated carbocycles. The molecule has 0 spiro atoms. The van der Waals surface area contributed by atoms with E-state index in [0.29, 0.717) is 12.2 Å². The summed E-state index contributed by atoms with van der Waals surface area (Å²) in [5, 5.41) is 10.7. The first kappa shape index (κ1) is 23.9. The molecule has 2 aromatic carbocycles. The standard InChI is InChI=1S/C26H29NO6/c1-31-20-15-13-19(14-16-20)17-27-25(30)22(23(29)24(32-2)26(27)33-3)21(28)12-8-7-11-18-9-5-4-6-10-18/h4-6,9-10,13-16,29H,7-8,11-12,17H2,1-3H3. The van der Waals surface area contributed by atoms with Gasteiger partial charge in [0.25, 0.3) is 5.56 Å². The number of rotatable bonds is 11. The summed E-state index contributed by atoms with van der Waals surface area (Å²) in [7, 11) is 4.31. The third kappa shape index (κ3) is 5.55. The summed E-state index contributed by atoms with van der Waals surface area (Å²) < 4.78 is 17.2. The molecule has 0 unspecified atom stereocenters. The molecule has 0 amide bonds. The van der Waals surface area contributed by atoms with Crippen molar-refractivity contribution in [1.29, 1.82) is 0 Å². The molecule has 0 radical (unpaired) electrons. The van der Waals surface area contributed by atoms with E-state index in [0.717, 1.165) is 18.4 Å². The lowest BCUT2D eigenvalue weighted by atomic mass is 10.0. The van der Waals surface area contributed by atoms with Gasteiger partial charge in [0, 0.05) is 6.42 Å². The van der Waals surface area contributed by atoms with E-state index in [1.54, 1.807) is 19.2 Å². The van der Waals surface area contributed by atoms with E-state index < -0.39 is 17.1 Å². The smallest absolute Gasteiger partial charge is 0.268 e. The van der Waals surface area contributed by atoms with Crippen LogP contribution < -0.4 is 19.8 Å². The van der Waals surface area contributed by atoms with Gasteiger partial charge in [0.05, 0.1) is 27.9 Å². The number of hydrogen-bond acceptors (Lipinski definition) is 6. The van der Waals surface area contributed by atoms with Gasteiger partial charge >= 0.3 is 0 Å². The Morgan fingerprint density at radius 2 is 1.58 bits per heavy atom. The summed E-state index contributed by atoms with van der Waals surface area (Å²) in [6.07, 6.45) is 2.38. The molecule has 3 rings (SSSR count). The maximum absolute atomic E-state index is 13.3. The zero-order valence-electron chi connectivity index (χ0n) is 19.2. The number of carbonyl (C=O) groups is 1. The lowest BCUT2D eigenvalue weighted by molar-refractivity contribution is 0.0973. The number of aryl methyl sites for hydroxylation is 1. The van der Waals surface area contributed by atoms with E-state index in [-0.39, 0.29) is 30.2 Å². The normalized spacial score (nSPS) is 10.6. The first-order chi connectivity index (χ1) is 16.0. The fourth-order valence-corrected chi connectivity index (χ4v) is 3.75. The molecule has 1 heterocycles. The summed E-state index contributed by atoms with van der Waals surface area (Å²) in [5.74, 6) is -0.212. The quantitative estimate of drug-likeness (QED) is 0.347. The molecule has 0 aliphatic heterocycles. The molecule has 0 aliphatic carbocycles. The van der Waals surface area contributed by atoms with Crippen LogP contribution in [0.1, 0.15) is 40.7 Å². The molecular formula is C26H29NO6. The lowest BCUT2D eigenvalue weighted by Crippen LogP contribution is -2.28. The van der Waals surface area contributed by atoms with Crippen LogP contribution in [0.3, 0.4) is 0 Å². The van der Waals surface area contributed by atoms with Crippen LogP contribution in [0.4, 0.5) is 0 Å². The van der Waals surface area contributed by atoms with Crippen LogP contribution in [0.2, 0.25) is 0 Å². The number of pyridine rings is 1. The van der Waals surface area contributed by atoms with Crippen molar-refractivity contribution in [3.05, 3.63) is 81.6 Å². The van der Waals surface area contributed by atoms with Gasteiger partial charge in [-0.3, -0.25) is 14.2 Å². The van der Waals surface area contributed by atoms with Crippen LogP contribution in [-0.2, 0) is 13.0 Å². The highest BCUT2D eigenvalue weighted by Gasteiger charge is 2.27. The number of hydrogen-bond donors (Lipinski definition) is 1. The number of ketones is 1. The second-order valence-corrected chi connectivity index (χ2v) is 7.62. The lowest BCUT2D eigenvalue weighted by Gasteiger charge is -2.18. The predicted octanol–water partition coefficient (Wildman–Crippen LogP) is 4.22. The molecule has 0 aliphatic rings. The minimum Gasteiger partial charge on any atom is -0.503 e. The van der Waals surface area contributed by atoms with Gasteiger partial charge < -0.3 is 19.3 Å². The molecule has 174 valence electrons. The zero-order valence-corrected chi connectivity index (χ0v) is 19.2. The van der Waals surface area contributed by atoms with Crippen LogP contribution in [0.15, 0.2) is 59.4 Å². The number of Topliss-reactive ketones (excluding diaryl/α,β-unsaturated/α-hetero) is 1. The number of benzene rings is 2. The molecule has 7 nitrogen and oxygen atoms in total. The Bertz CT molecular complexity index is 1140. The Morgan fingerprint density at radius 1 is 0.879 bits per heavy atom. The Labute approximate surface area is 193 Å². The number of aromatic nitrogens is 1. The molecule has 0 bridgehead atoms. The van der Waals surface area contributed by atoms with Gasteiger partial charge in [-0.15, -0.1) is 0 Å². The SMILES string of the molecule is COc1ccc(Cn2c(OC)c(OC)c(O)c(C(=O)CCCCc3ccccc3)c2=O)cc1. The van der Waals surface area contributed by atoms with Crippen molar-refractivity contribution in [2.45, 2.75) is 32.2 Å². The van der Waals surface area contributed by atoms with Crippen molar-refractivity contribution in [2.24, 2.45) is 0 Å². The zero-order chi connectivity index (χ0) is 23.8. The van der Waals surface area contributed by atoms with Gasteiger partial charge in [0.15, 0.2) is 11.5 Å². The summed E-state index contributed by atoms with van der Waals surface area (Å²) in [4.78, 5) is 26.3. The average molecular weight is 452 g/mol. The van der Waals surface area contributed by atoms with E-state index in [1.165, 1.54) is 24.4 Å². The minimum absolute atomic E-state index is 0.0433. The van der Waals surface area contributed by atoms with Gasteiger partial charge in [-0.05, 0) is 42.5 Å². The van der Waals surface area contributed by atoms with Crippen molar-refractivity contribution in [3.8, 4) is 23.1 Å². The number of ether oxygens (including phenoxy) is 3. The number of methoxy groups -OCH3 is 3. The topological polar surface area (TPSA) is 87.0 Å². The monoisotopic (exact) mass is 451 g/mol. The Balaban J connectivity index is 1.86. The molecule has 33 heavy (non-hydrogen) atoms. The fourth-order valence-electron chi connectivity index (χ4n) is 3.75. The van der Waals surface area contributed by atoms with E-state index in [4.69, 9.17) is 14.2 Å². The number of nitrogens with zero attached hydrogens (tertiary/aromatic N) is 1. The van der Waals surface area contributed by atoms with Gasteiger partial charge in [-0.25, -0.2) is 0 Å². The fraction of sp³-hybridized carbons (Fsp3) is 0.308. The van der Waals surface area contributed by atoms with Crippen molar-refractivity contribution >= 4 is 5.78 Å². The van der Waals surface area contributed by atoms with Gasteiger partial charge in [0.2, 0.25) is 11.6 Å². The van der Waals surface area contributed by atoms with Crippen LogP contribution in [-0.4, -0.2) is 36.8 Å². The molecular weight excluding hydrogens is 422 g/mol. The number of aromatic hydroxyl groups is 1. The molecule has 0 atom stereocenters. The molecule has 0 saturated heterocycles. The molecule has 7 heteroatoms. The third-order valence-corrected chi connectivity index (χ3v) is 5.49. The van der Waals surface area contributed by atoms with Crippen molar-refractivity contribution in [1.82, 2.24) is 4.57 Å². The highest BCUT2D eigenvalue weighted by molar-refractivity contribution is 5.99. The second kappa shape index (κ2) is 11.2. The molecule has 1 aromatic heterocycles. The van der Waals surface area contributed by atoms with Crippen LogP contribution in [0.25, 0.3) is 0 Å². The summed E-state index contributed by atoms with van der Waals surface area (Å²) >= 11 is 0. The van der Waals surface area contributed by atoms with Gasteiger partial charge in [-0.1, -0.05) is 42.5 Å². The van der Waals surface area contributed by atoms with Crippen molar-refractivity contribution in [2.75, 3.05) is 21.3 Å². The summed E-state index contributed by atoms with van der Waals surface area (Å²) in [6.45, 7) is 0.136. The predicted molar refractivity (Wildman–Crippen MR) is 126 cm³/mol. The van der Waals surface area contributed by atoms with E-state index in [1.807, 2.05) is 42.5 Å². The Hall–Kier alpha value is -3.74. The maximum Gasteiger partial charge on any atom is 0.268 e. The maximum atomic E-state index is 13.3. The van der Waals surface area contributed by atoms with Crippen LogP contribution >= 0.6 is 0 Å². The highest BCUT2D eigenvalue weighted by Crippen LogP contribution is 2.38. The minimum atomic E-state index is -0.617. The average Bonchev–Trinajstić information content (AvgIpc) is 2.84. The largest absolute Gasteiger partial charge is 0.503 e. The van der Waals surface area contributed by atoms with Crippen LogP contribution in [0, 0.1) is 0 Å². The van der Waals surface area contributed by atoms with Crippen molar-refractivity contribution < 1.29 is 24.1 Å². The second-order valence-electron chi connectivity index (χ2n) is 7.62. The first-order valence-electron chi connectivity index (χ1n) is 10.8. The Morgan fingerprint density at radius 3 is 2.18 bits per heavy atom. The molecule has 3 aromatic rings. The Kier molecular flexibility index (Phi) is 8.13. The molecule has 0 fully saturated rings. The first-order valence-corrected chi connectivity index (χ1v) is 10.8. The summed E-state index contributed by atoms with van der Waals surface area (Å²) in [5.41, 5.74) is 1.10. The van der Waals surface area contributed by atoms with E-state index in [2.05, 4.69) is 0 Å². The van der Waals surface area contributed by atoms with E-state index >= 15 is 0 Å². The van der Waals surface area contributed by atoms with Gasteiger partial charge in [-0.2, -0.15) is 0 Å². The summed E-state index contributed by atoms with van der Waals surface area (Å²) in [6, 6.07) is 17.2.